The van der Waals surface area contributed by atoms with Crippen LogP contribution in [0.1, 0.15) is 41.7 Å². The van der Waals surface area contributed by atoms with Gasteiger partial charge in [-0.05, 0) is 50.9 Å². The summed E-state index contributed by atoms with van der Waals surface area (Å²) in [7, 11) is 2.02. The van der Waals surface area contributed by atoms with Crippen molar-refractivity contribution in [2.24, 2.45) is 0 Å². The second kappa shape index (κ2) is 7.08. The quantitative estimate of drug-likeness (QED) is 0.904. The minimum absolute atomic E-state index is 0.0268. The van der Waals surface area contributed by atoms with E-state index >= 15 is 0 Å². The number of para-hydroxylation sites is 1. The van der Waals surface area contributed by atoms with Crippen LogP contribution in [0.5, 0.6) is 5.75 Å². The Morgan fingerprint density at radius 1 is 1.19 bits per heavy atom. The number of rotatable bonds is 2. The van der Waals surface area contributed by atoms with Crippen LogP contribution in [-0.4, -0.2) is 41.0 Å². The molecule has 5 heteroatoms. The third kappa shape index (κ3) is 3.31. The van der Waals surface area contributed by atoms with Gasteiger partial charge in [-0.15, -0.1) is 0 Å². The molecular formula is C21H25N3O2. The Morgan fingerprint density at radius 2 is 1.96 bits per heavy atom. The first kappa shape index (κ1) is 17.0. The Bertz CT molecular complexity index is 770. The van der Waals surface area contributed by atoms with Crippen molar-refractivity contribution in [1.82, 2.24) is 15.2 Å². The highest BCUT2D eigenvalue weighted by atomic mass is 16.5. The summed E-state index contributed by atoms with van der Waals surface area (Å²) in [5.74, 6) is 0.882. The van der Waals surface area contributed by atoms with E-state index in [2.05, 4.69) is 10.3 Å². The number of nitrogens with one attached hydrogen (secondary N) is 1. The maximum atomic E-state index is 13.1. The predicted octanol–water partition coefficient (Wildman–Crippen LogP) is 3.02. The number of pyridine rings is 1. The van der Waals surface area contributed by atoms with Crippen molar-refractivity contribution in [1.29, 1.82) is 0 Å². The van der Waals surface area contributed by atoms with Gasteiger partial charge in [-0.2, -0.15) is 0 Å². The maximum absolute atomic E-state index is 13.1. The molecule has 136 valence electrons. The topological polar surface area (TPSA) is 54.5 Å². The first-order chi connectivity index (χ1) is 12.7. The minimum atomic E-state index is -0.315. The zero-order valence-corrected chi connectivity index (χ0v) is 15.1. The van der Waals surface area contributed by atoms with E-state index in [1.807, 2.05) is 48.3 Å². The van der Waals surface area contributed by atoms with Crippen LogP contribution in [0.15, 0.2) is 48.7 Å². The highest BCUT2D eigenvalue weighted by molar-refractivity contribution is 5.92. The fourth-order valence-electron chi connectivity index (χ4n) is 4.10. The average Bonchev–Trinajstić information content (AvgIpc) is 2.85. The second-order valence-corrected chi connectivity index (χ2v) is 7.33. The van der Waals surface area contributed by atoms with Gasteiger partial charge in [0.25, 0.3) is 5.91 Å². The third-order valence-electron chi connectivity index (χ3n) is 5.62. The van der Waals surface area contributed by atoms with Crippen molar-refractivity contribution in [3.05, 3.63) is 59.9 Å². The summed E-state index contributed by atoms with van der Waals surface area (Å²) in [6.45, 7) is 1.16. The fraction of sp³-hybridized carbons (Fsp3) is 0.429. The standard InChI is InChI=1S/C21H25N3O2/c1-22-17-9-11-21(12-10-17)15-24(20(25)18-7-4-5-13-23-18)14-16-6-2-3-8-19(16)26-21/h2-8,13,17,22H,9-12,14-15H2,1H3. The van der Waals surface area contributed by atoms with Crippen LogP contribution in [0, 0.1) is 0 Å². The summed E-state index contributed by atoms with van der Waals surface area (Å²) in [5, 5.41) is 3.37. The van der Waals surface area contributed by atoms with Crippen molar-refractivity contribution in [3.8, 4) is 5.75 Å². The number of aromatic nitrogens is 1. The van der Waals surface area contributed by atoms with E-state index in [1.54, 1.807) is 12.3 Å². The van der Waals surface area contributed by atoms with Gasteiger partial charge in [0.05, 0.1) is 6.54 Å². The van der Waals surface area contributed by atoms with Crippen molar-refractivity contribution < 1.29 is 9.53 Å². The highest BCUT2D eigenvalue weighted by Gasteiger charge is 2.42. The van der Waals surface area contributed by atoms with Crippen molar-refractivity contribution in [2.45, 2.75) is 43.9 Å². The van der Waals surface area contributed by atoms with Gasteiger partial charge in [0.15, 0.2) is 0 Å². The van der Waals surface area contributed by atoms with E-state index in [-0.39, 0.29) is 11.5 Å². The van der Waals surface area contributed by atoms with E-state index in [0.717, 1.165) is 37.0 Å². The zero-order valence-electron chi connectivity index (χ0n) is 15.1. The summed E-state index contributed by atoms with van der Waals surface area (Å²) in [6, 6.07) is 14.1. The van der Waals surface area contributed by atoms with E-state index in [0.29, 0.717) is 24.8 Å². The summed E-state index contributed by atoms with van der Waals surface area (Å²) in [5.41, 5.74) is 1.24. The average molecular weight is 351 g/mol. The molecule has 1 amide bonds. The molecule has 1 aromatic heterocycles. The molecule has 5 nitrogen and oxygen atoms in total. The monoisotopic (exact) mass is 351 g/mol. The number of amides is 1. The van der Waals surface area contributed by atoms with E-state index in [1.165, 1.54) is 0 Å². The van der Waals surface area contributed by atoms with Crippen molar-refractivity contribution in [3.63, 3.8) is 0 Å². The SMILES string of the molecule is CNC1CCC2(CC1)CN(C(=O)c1ccccn1)Cc1ccccc1O2. The Kier molecular flexibility index (Phi) is 4.64. The van der Waals surface area contributed by atoms with Gasteiger partial charge in [-0.25, -0.2) is 0 Å². The van der Waals surface area contributed by atoms with Gasteiger partial charge in [0.2, 0.25) is 0 Å². The van der Waals surface area contributed by atoms with Crippen LogP contribution in [0.4, 0.5) is 0 Å². The van der Waals surface area contributed by atoms with Gasteiger partial charge in [0, 0.05) is 24.3 Å². The van der Waals surface area contributed by atoms with Crippen LogP contribution < -0.4 is 10.1 Å². The van der Waals surface area contributed by atoms with Gasteiger partial charge >= 0.3 is 0 Å². The smallest absolute Gasteiger partial charge is 0.272 e. The van der Waals surface area contributed by atoms with E-state index in [4.69, 9.17) is 4.74 Å². The lowest BCUT2D eigenvalue weighted by Gasteiger charge is -2.41. The molecule has 1 fully saturated rings. The number of benzene rings is 1. The molecule has 0 radical (unpaired) electrons. The largest absolute Gasteiger partial charge is 0.485 e. The molecule has 1 saturated carbocycles. The predicted molar refractivity (Wildman–Crippen MR) is 100 cm³/mol. The lowest BCUT2D eigenvalue weighted by molar-refractivity contribution is 0.000280. The Hall–Kier alpha value is -2.40. The van der Waals surface area contributed by atoms with Gasteiger partial charge in [-0.3, -0.25) is 9.78 Å². The Labute approximate surface area is 154 Å². The summed E-state index contributed by atoms with van der Waals surface area (Å²) in [6.07, 6.45) is 5.68. The molecule has 0 unspecified atom stereocenters. The Morgan fingerprint density at radius 3 is 2.69 bits per heavy atom. The van der Waals surface area contributed by atoms with Gasteiger partial charge in [0.1, 0.15) is 17.0 Å². The van der Waals surface area contributed by atoms with Gasteiger partial charge in [-0.1, -0.05) is 24.3 Å². The number of fused-ring (bicyclic) bond motifs is 1. The summed E-state index contributed by atoms with van der Waals surface area (Å²) in [4.78, 5) is 19.3. The number of hydrogen-bond donors (Lipinski definition) is 1. The van der Waals surface area contributed by atoms with Crippen molar-refractivity contribution >= 4 is 5.91 Å². The molecule has 4 rings (SSSR count). The zero-order chi connectivity index (χ0) is 18.0. The van der Waals surface area contributed by atoms with Crippen LogP contribution in [0.3, 0.4) is 0 Å². The number of carbonyl (C=O) groups is 1. The Balaban J connectivity index is 1.66. The lowest BCUT2D eigenvalue weighted by atomic mass is 9.81. The van der Waals surface area contributed by atoms with Crippen LogP contribution in [-0.2, 0) is 6.54 Å². The van der Waals surface area contributed by atoms with Crippen LogP contribution >= 0.6 is 0 Å². The second-order valence-electron chi connectivity index (χ2n) is 7.33. The molecule has 0 atom stereocenters. The number of hydrogen-bond acceptors (Lipinski definition) is 4. The molecule has 1 spiro atoms. The normalized spacial score (nSPS) is 25.3. The molecule has 1 aromatic carbocycles. The number of ether oxygens (including phenoxy) is 1. The molecule has 1 aliphatic carbocycles. The van der Waals surface area contributed by atoms with Gasteiger partial charge < -0.3 is 15.0 Å². The summed E-state index contributed by atoms with van der Waals surface area (Å²) < 4.78 is 6.55. The fourth-order valence-corrected chi connectivity index (χ4v) is 4.10. The number of carbonyl (C=O) groups excluding carboxylic acids is 1. The summed E-state index contributed by atoms with van der Waals surface area (Å²) >= 11 is 0. The first-order valence-corrected chi connectivity index (χ1v) is 9.34. The molecule has 2 heterocycles. The van der Waals surface area contributed by atoms with Crippen LogP contribution in [0.25, 0.3) is 0 Å². The molecule has 0 bridgehead atoms. The van der Waals surface area contributed by atoms with E-state index in [9.17, 15) is 4.79 Å². The maximum Gasteiger partial charge on any atom is 0.272 e. The molecular weight excluding hydrogens is 326 g/mol. The minimum Gasteiger partial charge on any atom is -0.485 e. The molecule has 0 saturated heterocycles. The molecule has 1 N–H and O–H groups in total. The number of nitrogens with zero attached hydrogens (tertiary/aromatic N) is 2. The molecule has 26 heavy (non-hydrogen) atoms. The van der Waals surface area contributed by atoms with E-state index < -0.39 is 0 Å². The third-order valence-corrected chi connectivity index (χ3v) is 5.62. The molecule has 2 aliphatic rings. The van der Waals surface area contributed by atoms with Crippen LogP contribution in [0.2, 0.25) is 0 Å². The van der Waals surface area contributed by atoms with Crippen molar-refractivity contribution in [2.75, 3.05) is 13.6 Å². The molecule has 1 aliphatic heterocycles. The first-order valence-electron chi connectivity index (χ1n) is 9.34. The molecule has 2 aromatic rings. The highest BCUT2D eigenvalue weighted by Crippen LogP contribution is 2.38. The lowest BCUT2D eigenvalue weighted by Crippen LogP contribution is -2.51.